The van der Waals surface area contributed by atoms with Gasteiger partial charge in [0, 0.05) is 11.6 Å². The van der Waals surface area contributed by atoms with Gasteiger partial charge in [-0.05, 0) is 58.3 Å². The van der Waals surface area contributed by atoms with Crippen molar-refractivity contribution in [3.63, 3.8) is 0 Å². The highest BCUT2D eigenvalue weighted by molar-refractivity contribution is 5.99. The van der Waals surface area contributed by atoms with Crippen LogP contribution in [-0.4, -0.2) is 21.7 Å². The first kappa shape index (κ1) is 21.9. The van der Waals surface area contributed by atoms with Crippen LogP contribution in [0, 0.1) is 0 Å². The Morgan fingerprint density at radius 3 is 2.24 bits per heavy atom. The Bertz CT molecular complexity index is 1440. The van der Waals surface area contributed by atoms with Crippen molar-refractivity contribution in [1.29, 1.82) is 0 Å². The van der Waals surface area contributed by atoms with Gasteiger partial charge in [0.1, 0.15) is 5.75 Å². The van der Waals surface area contributed by atoms with Gasteiger partial charge in [0.25, 0.3) is 0 Å². The molecule has 0 fully saturated rings. The molecule has 0 spiro atoms. The van der Waals surface area contributed by atoms with Crippen LogP contribution < -0.4 is 4.74 Å². The number of ether oxygens (including phenoxy) is 1. The van der Waals surface area contributed by atoms with E-state index in [2.05, 4.69) is 66.5 Å². The predicted octanol–water partition coefficient (Wildman–Crippen LogP) is 7.78. The quantitative estimate of drug-likeness (QED) is 0.194. The third-order valence-electron chi connectivity index (χ3n) is 6.10. The lowest BCUT2D eigenvalue weighted by Gasteiger charge is -2.11. The van der Waals surface area contributed by atoms with Crippen LogP contribution in [0.15, 0.2) is 84.9 Å². The van der Waals surface area contributed by atoms with Crippen LogP contribution >= 0.6 is 0 Å². The molecule has 170 valence electrons. The number of rotatable bonds is 8. The molecule has 1 heterocycles. The molecule has 0 saturated carbocycles. The summed E-state index contributed by atoms with van der Waals surface area (Å²) in [6.45, 7) is 2.81. The molecule has 4 aromatic carbocycles. The van der Waals surface area contributed by atoms with Crippen LogP contribution in [0.25, 0.3) is 44.2 Å². The summed E-state index contributed by atoms with van der Waals surface area (Å²) in [7, 11) is 0. The van der Waals surface area contributed by atoms with E-state index in [0.29, 0.717) is 23.9 Å². The molecule has 0 aliphatic heterocycles. The number of para-hydroxylation sites is 1. The molecule has 0 aliphatic carbocycles. The second kappa shape index (κ2) is 9.92. The molecular formula is C30H28N2O2. The number of unbranched alkanes of at least 4 members (excludes halogenated alkanes) is 3. The van der Waals surface area contributed by atoms with Gasteiger partial charge in [-0.15, -0.1) is 0 Å². The van der Waals surface area contributed by atoms with Crippen molar-refractivity contribution in [3.8, 4) is 34.3 Å². The fourth-order valence-electron chi connectivity index (χ4n) is 4.23. The molecule has 0 saturated heterocycles. The molecule has 5 aromatic rings. The summed E-state index contributed by atoms with van der Waals surface area (Å²) in [5.74, 6) is 1.13. The number of aromatic nitrogens is 2. The number of nitrogens with zero attached hydrogens (tertiary/aromatic N) is 2. The first-order chi connectivity index (χ1) is 16.7. The topological polar surface area (TPSA) is 55.2 Å². The Labute approximate surface area is 199 Å². The first-order valence-corrected chi connectivity index (χ1v) is 11.9. The van der Waals surface area contributed by atoms with E-state index >= 15 is 0 Å². The van der Waals surface area contributed by atoms with Crippen LogP contribution in [-0.2, 0) is 0 Å². The molecule has 0 atom stereocenters. The van der Waals surface area contributed by atoms with Crippen LogP contribution in [0.5, 0.6) is 11.6 Å². The number of hydrogen-bond donors (Lipinski definition) is 1. The number of benzene rings is 4. The molecule has 0 aliphatic rings. The Morgan fingerprint density at radius 2 is 1.44 bits per heavy atom. The van der Waals surface area contributed by atoms with E-state index in [1.54, 1.807) is 12.1 Å². The van der Waals surface area contributed by atoms with Crippen molar-refractivity contribution in [2.75, 3.05) is 6.61 Å². The molecule has 1 N–H and O–H groups in total. The Balaban J connectivity index is 1.55. The van der Waals surface area contributed by atoms with E-state index in [9.17, 15) is 5.11 Å². The second-order valence-electron chi connectivity index (χ2n) is 8.60. The number of aromatic hydroxyl groups is 1. The lowest BCUT2D eigenvalue weighted by molar-refractivity contribution is 0.294. The Morgan fingerprint density at radius 1 is 0.706 bits per heavy atom. The van der Waals surface area contributed by atoms with Gasteiger partial charge in [0.15, 0.2) is 5.82 Å². The maximum absolute atomic E-state index is 10.4. The average Bonchev–Trinajstić information content (AvgIpc) is 2.87. The highest BCUT2D eigenvalue weighted by Crippen LogP contribution is 2.32. The molecule has 0 bridgehead atoms. The minimum Gasteiger partial charge on any atom is -0.507 e. The molecular weight excluding hydrogens is 420 g/mol. The second-order valence-corrected chi connectivity index (χ2v) is 8.60. The maximum atomic E-state index is 10.4. The van der Waals surface area contributed by atoms with Crippen LogP contribution in [0.2, 0.25) is 0 Å². The van der Waals surface area contributed by atoms with E-state index in [-0.39, 0.29) is 5.75 Å². The zero-order valence-electron chi connectivity index (χ0n) is 19.4. The standard InChI is InChI=1S/C30H28N2O2/c1-2-3-4-9-16-34-29-20-27(31-30(32-29)26-12-7-8-13-28(26)33)24-15-14-23-17-21-10-5-6-11-22(21)18-25(23)19-24/h5-8,10-15,17-20,33H,2-4,9,16H2,1H3. The van der Waals surface area contributed by atoms with Gasteiger partial charge in [-0.3, -0.25) is 0 Å². The predicted molar refractivity (Wildman–Crippen MR) is 139 cm³/mol. The van der Waals surface area contributed by atoms with E-state index < -0.39 is 0 Å². The summed E-state index contributed by atoms with van der Waals surface area (Å²) in [5, 5.41) is 15.2. The fraction of sp³-hybridized carbons (Fsp3) is 0.200. The first-order valence-electron chi connectivity index (χ1n) is 11.9. The van der Waals surface area contributed by atoms with Crippen molar-refractivity contribution >= 4 is 21.5 Å². The van der Waals surface area contributed by atoms with Gasteiger partial charge in [-0.1, -0.05) is 74.7 Å². The van der Waals surface area contributed by atoms with Gasteiger partial charge >= 0.3 is 0 Å². The molecule has 5 rings (SSSR count). The summed E-state index contributed by atoms with van der Waals surface area (Å²) in [6.07, 6.45) is 4.52. The largest absolute Gasteiger partial charge is 0.507 e. The van der Waals surface area contributed by atoms with Gasteiger partial charge < -0.3 is 9.84 Å². The average molecular weight is 449 g/mol. The highest BCUT2D eigenvalue weighted by Gasteiger charge is 2.13. The molecule has 0 radical (unpaired) electrons. The summed E-state index contributed by atoms with van der Waals surface area (Å²) in [5.41, 5.74) is 2.34. The van der Waals surface area contributed by atoms with Crippen LogP contribution in [0.3, 0.4) is 0 Å². The van der Waals surface area contributed by atoms with Gasteiger partial charge in [-0.25, -0.2) is 4.98 Å². The lowest BCUT2D eigenvalue weighted by Crippen LogP contribution is -2.02. The fourth-order valence-corrected chi connectivity index (χ4v) is 4.23. The number of phenols is 1. The maximum Gasteiger partial charge on any atom is 0.217 e. The Kier molecular flexibility index (Phi) is 6.39. The molecule has 0 amide bonds. The summed E-state index contributed by atoms with van der Waals surface area (Å²) < 4.78 is 6.03. The minimum absolute atomic E-state index is 0.151. The molecule has 4 heteroatoms. The zero-order chi connectivity index (χ0) is 23.3. The normalized spacial score (nSPS) is 11.2. The third kappa shape index (κ3) is 4.72. The molecule has 34 heavy (non-hydrogen) atoms. The highest BCUT2D eigenvalue weighted by atomic mass is 16.5. The lowest BCUT2D eigenvalue weighted by atomic mass is 10.0. The SMILES string of the molecule is CCCCCCOc1cc(-c2ccc3cc4ccccc4cc3c2)nc(-c2ccccc2O)n1. The molecule has 0 unspecified atom stereocenters. The van der Waals surface area contributed by atoms with Crippen molar-refractivity contribution in [2.45, 2.75) is 32.6 Å². The molecule has 4 nitrogen and oxygen atoms in total. The Hall–Kier alpha value is -3.92. The summed E-state index contributed by atoms with van der Waals surface area (Å²) in [6, 6.07) is 28.2. The van der Waals surface area contributed by atoms with E-state index in [1.807, 2.05) is 18.2 Å². The number of phenolic OH excluding ortho intramolecular Hbond substituents is 1. The minimum atomic E-state index is 0.151. The smallest absolute Gasteiger partial charge is 0.217 e. The third-order valence-corrected chi connectivity index (χ3v) is 6.10. The van der Waals surface area contributed by atoms with Crippen molar-refractivity contribution in [2.24, 2.45) is 0 Å². The van der Waals surface area contributed by atoms with Gasteiger partial charge in [0.05, 0.1) is 17.9 Å². The van der Waals surface area contributed by atoms with Crippen LogP contribution in [0.4, 0.5) is 0 Å². The number of fused-ring (bicyclic) bond motifs is 2. The van der Waals surface area contributed by atoms with E-state index in [0.717, 1.165) is 29.5 Å². The van der Waals surface area contributed by atoms with Crippen molar-refractivity contribution < 1.29 is 9.84 Å². The summed E-state index contributed by atoms with van der Waals surface area (Å²) in [4.78, 5) is 9.43. The van der Waals surface area contributed by atoms with Gasteiger partial charge in [-0.2, -0.15) is 4.98 Å². The van der Waals surface area contributed by atoms with Crippen LogP contribution in [0.1, 0.15) is 32.6 Å². The van der Waals surface area contributed by atoms with Gasteiger partial charge in [0.2, 0.25) is 5.88 Å². The van der Waals surface area contributed by atoms with E-state index in [4.69, 9.17) is 9.72 Å². The monoisotopic (exact) mass is 448 g/mol. The molecule has 1 aromatic heterocycles. The van der Waals surface area contributed by atoms with Crippen molar-refractivity contribution in [3.05, 3.63) is 84.9 Å². The zero-order valence-corrected chi connectivity index (χ0v) is 19.4. The van der Waals surface area contributed by atoms with E-state index in [1.165, 1.54) is 29.0 Å². The number of hydrogen-bond acceptors (Lipinski definition) is 4. The summed E-state index contributed by atoms with van der Waals surface area (Å²) >= 11 is 0. The van der Waals surface area contributed by atoms with Crippen molar-refractivity contribution in [1.82, 2.24) is 9.97 Å².